The van der Waals surface area contributed by atoms with Crippen molar-refractivity contribution in [2.75, 3.05) is 6.54 Å². The highest BCUT2D eigenvalue weighted by Crippen LogP contribution is 2.28. The molecule has 0 spiro atoms. The van der Waals surface area contributed by atoms with Crippen molar-refractivity contribution >= 4 is 33.2 Å². The van der Waals surface area contributed by atoms with Crippen molar-refractivity contribution in [3.63, 3.8) is 0 Å². The van der Waals surface area contributed by atoms with E-state index in [0.29, 0.717) is 6.54 Å². The topological polar surface area (TPSA) is 63.3 Å². The summed E-state index contributed by atoms with van der Waals surface area (Å²) in [5.41, 5.74) is 5.49. The third-order valence-corrected chi connectivity index (χ3v) is 3.55. The number of rotatable bonds is 4. The maximum absolute atomic E-state index is 10.5. The van der Waals surface area contributed by atoms with Crippen LogP contribution >= 0.6 is 27.3 Å². The van der Waals surface area contributed by atoms with Crippen LogP contribution in [-0.2, 0) is 4.79 Å². The summed E-state index contributed by atoms with van der Waals surface area (Å²) < 4.78 is 0.983. The molecule has 0 aliphatic rings. The zero-order chi connectivity index (χ0) is 9.84. The van der Waals surface area contributed by atoms with Gasteiger partial charge in [0.25, 0.3) is 0 Å². The highest BCUT2D eigenvalue weighted by Gasteiger charge is 2.15. The van der Waals surface area contributed by atoms with Crippen LogP contribution < -0.4 is 5.73 Å². The summed E-state index contributed by atoms with van der Waals surface area (Å²) >= 11 is 4.85. The Morgan fingerprint density at radius 3 is 2.85 bits per heavy atom. The number of thiophene rings is 1. The lowest BCUT2D eigenvalue weighted by atomic mass is 10.0. The van der Waals surface area contributed by atoms with Gasteiger partial charge in [-0.3, -0.25) is 4.79 Å². The Morgan fingerprint density at radius 1 is 1.77 bits per heavy atom. The van der Waals surface area contributed by atoms with Crippen LogP contribution in [0.3, 0.4) is 0 Å². The van der Waals surface area contributed by atoms with Gasteiger partial charge < -0.3 is 10.8 Å². The third kappa shape index (κ3) is 3.10. The minimum Gasteiger partial charge on any atom is -0.481 e. The maximum Gasteiger partial charge on any atom is 0.304 e. The Bertz CT molecular complexity index is 300. The van der Waals surface area contributed by atoms with E-state index in [-0.39, 0.29) is 12.3 Å². The molecular formula is C8H10BrNO2S. The number of hydrogen-bond donors (Lipinski definition) is 2. The quantitative estimate of drug-likeness (QED) is 0.874. The van der Waals surface area contributed by atoms with Gasteiger partial charge in [0.15, 0.2) is 0 Å². The van der Waals surface area contributed by atoms with E-state index in [1.807, 2.05) is 11.4 Å². The highest BCUT2D eigenvalue weighted by molar-refractivity contribution is 9.10. The molecule has 1 aromatic heterocycles. The second-order valence-corrected chi connectivity index (χ2v) is 4.56. The first-order chi connectivity index (χ1) is 6.13. The summed E-state index contributed by atoms with van der Waals surface area (Å²) in [6, 6.07) is 1.92. The molecule has 0 saturated carbocycles. The van der Waals surface area contributed by atoms with Gasteiger partial charge >= 0.3 is 5.97 Å². The molecule has 72 valence electrons. The van der Waals surface area contributed by atoms with E-state index in [9.17, 15) is 4.79 Å². The molecule has 0 radical (unpaired) electrons. The van der Waals surface area contributed by atoms with Crippen LogP contribution in [0.1, 0.15) is 17.2 Å². The molecule has 0 saturated heterocycles. The molecule has 1 aromatic rings. The molecule has 0 fully saturated rings. The molecule has 3 N–H and O–H groups in total. The second-order valence-electron chi connectivity index (χ2n) is 2.70. The molecule has 5 heteroatoms. The van der Waals surface area contributed by atoms with Crippen molar-refractivity contribution < 1.29 is 9.90 Å². The fourth-order valence-electron chi connectivity index (χ4n) is 1.05. The first-order valence-corrected chi connectivity index (χ1v) is 5.46. The summed E-state index contributed by atoms with van der Waals surface area (Å²) in [6.07, 6.45) is 0.101. The zero-order valence-corrected chi connectivity index (χ0v) is 9.27. The Balaban J connectivity index is 2.72. The number of nitrogens with two attached hydrogens (primary N) is 1. The standard InChI is InChI=1S/C8H10BrNO2S/c9-6-2-7(13-4-6)5(3-10)1-8(11)12/h2,4-5H,1,3,10H2,(H,11,12)/t5-/m0/s1. The van der Waals surface area contributed by atoms with Crippen LogP contribution in [0, 0.1) is 0 Å². The van der Waals surface area contributed by atoms with Crippen LogP contribution in [0.4, 0.5) is 0 Å². The first kappa shape index (κ1) is 10.7. The second kappa shape index (κ2) is 4.74. The fourth-order valence-corrected chi connectivity index (χ4v) is 2.62. The van der Waals surface area contributed by atoms with E-state index in [1.54, 1.807) is 0 Å². The molecular weight excluding hydrogens is 254 g/mol. The highest BCUT2D eigenvalue weighted by atomic mass is 79.9. The van der Waals surface area contributed by atoms with Crippen LogP contribution in [0.25, 0.3) is 0 Å². The van der Waals surface area contributed by atoms with Crippen LogP contribution in [0.5, 0.6) is 0 Å². The first-order valence-electron chi connectivity index (χ1n) is 3.79. The molecule has 0 amide bonds. The Kier molecular flexibility index (Phi) is 3.90. The Labute approximate surface area is 88.7 Å². The van der Waals surface area contributed by atoms with E-state index in [4.69, 9.17) is 10.8 Å². The summed E-state index contributed by atoms with van der Waals surface area (Å²) in [7, 11) is 0. The summed E-state index contributed by atoms with van der Waals surface area (Å²) in [6.45, 7) is 0.374. The van der Waals surface area contributed by atoms with Gasteiger partial charge in [0, 0.05) is 27.2 Å². The van der Waals surface area contributed by atoms with E-state index < -0.39 is 5.97 Å². The molecule has 0 aromatic carbocycles. The van der Waals surface area contributed by atoms with Crippen molar-refractivity contribution in [2.24, 2.45) is 5.73 Å². The van der Waals surface area contributed by atoms with E-state index in [0.717, 1.165) is 9.35 Å². The molecule has 1 heterocycles. The monoisotopic (exact) mass is 263 g/mol. The van der Waals surface area contributed by atoms with Gasteiger partial charge in [-0.2, -0.15) is 0 Å². The Morgan fingerprint density at radius 2 is 2.46 bits per heavy atom. The summed E-state index contributed by atoms with van der Waals surface area (Å²) in [4.78, 5) is 11.5. The van der Waals surface area contributed by atoms with Gasteiger partial charge in [-0.25, -0.2) is 0 Å². The number of carbonyl (C=O) groups is 1. The predicted octanol–water partition coefficient (Wildman–Crippen LogP) is 2.03. The number of carboxylic acid groups (broad SMARTS) is 1. The van der Waals surface area contributed by atoms with Crippen LogP contribution in [0.15, 0.2) is 15.9 Å². The average molecular weight is 264 g/mol. The van der Waals surface area contributed by atoms with Crippen molar-refractivity contribution in [1.29, 1.82) is 0 Å². The minimum absolute atomic E-state index is 0.0613. The van der Waals surface area contributed by atoms with Crippen molar-refractivity contribution in [3.8, 4) is 0 Å². The largest absolute Gasteiger partial charge is 0.481 e. The molecule has 0 aliphatic carbocycles. The SMILES string of the molecule is NC[C@H](CC(=O)O)c1cc(Br)cs1. The average Bonchev–Trinajstić information content (AvgIpc) is 2.47. The summed E-state index contributed by atoms with van der Waals surface area (Å²) in [5, 5.41) is 10.6. The van der Waals surface area contributed by atoms with E-state index >= 15 is 0 Å². The lowest BCUT2D eigenvalue weighted by Crippen LogP contribution is -2.15. The smallest absolute Gasteiger partial charge is 0.304 e. The van der Waals surface area contributed by atoms with Crippen LogP contribution in [-0.4, -0.2) is 17.6 Å². The van der Waals surface area contributed by atoms with Gasteiger partial charge in [0.2, 0.25) is 0 Å². The number of halogens is 1. The summed E-state index contributed by atoms with van der Waals surface area (Å²) in [5.74, 6) is -0.867. The molecule has 0 bridgehead atoms. The molecule has 0 aliphatic heterocycles. The lowest BCUT2D eigenvalue weighted by Gasteiger charge is -2.08. The number of carboxylic acids is 1. The number of aliphatic carboxylic acids is 1. The fraction of sp³-hybridized carbons (Fsp3) is 0.375. The maximum atomic E-state index is 10.5. The van der Waals surface area contributed by atoms with E-state index in [2.05, 4.69) is 15.9 Å². The van der Waals surface area contributed by atoms with Gasteiger partial charge in [-0.15, -0.1) is 11.3 Å². The molecule has 3 nitrogen and oxygen atoms in total. The van der Waals surface area contributed by atoms with E-state index in [1.165, 1.54) is 11.3 Å². The minimum atomic E-state index is -0.806. The van der Waals surface area contributed by atoms with Crippen molar-refractivity contribution in [3.05, 3.63) is 20.8 Å². The normalized spacial score (nSPS) is 12.8. The van der Waals surface area contributed by atoms with Gasteiger partial charge in [0.05, 0.1) is 6.42 Å². The lowest BCUT2D eigenvalue weighted by molar-refractivity contribution is -0.137. The molecule has 1 atom stereocenters. The molecule has 0 unspecified atom stereocenters. The van der Waals surface area contributed by atoms with Crippen LogP contribution in [0.2, 0.25) is 0 Å². The molecule has 13 heavy (non-hydrogen) atoms. The van der Waals surface area contributed by atoms with Crippen molar-refractivity contribution in [2.45, 2.75) is 12.3 Å². The molecule has 1 rings (SSSR count). The van der Waals surface area contributed by atoms with Gasteiger partial charge in [0.1, 0.15) is 0 Å². The van der Waals surface area contributed by atoms with Gasteiger partial charge in [-0.1, -0.05) is 0 Å². The zero-order valence-electron chi connectivity index (χ0n) is 6.87. The predicted molar refractivity (Wildman–Crippen MR) is 56.1 cm³/mol. The van der Waals surface area contributed by atoms with Gasteiger partial charge in [-0.05, 0) is 22.0 Å². The third-order valence-electron chi connectivity index (χ3n) is 1.70. The number of hydrogen-bond acceptors (Lipinski definition) is 3. The van der Waals surface area contributed by atoms with Crippen molar-refractivity contribution in [1.82, 2.24) is 0 Å². The Hall–Kier alpha value is -0.390.